The number of hydrogen-bond acceptors (Lipinski definition) is 2. The summed E-state index contributed by atoms with van der Waals surface area (Å²) in [6, 6.07) is 8.21. The second kappa shape index (κ2) is 6.00. The molecule has 1 heterocycles. The van der Waals surface area contributed by atoms with Crippen molar-refractivity contribution >= 4 is 16.8 Å². The average molecular weight is 258 g/mol. The molecular weight excluding hydrogens is 236 g/mol. The van der Waals surface area contributed by atoms with Crippen molar-refractivity contribution in [2.75, 3.05) is 0 Å². The van der Waals surface area contributed by atoms with E-state index >= 15 is 0 Å². The number of nitrogens with zero attached hydrogens (tertiary/aromatic N) is 2. The van der Waals surface area contributed by atoms with E-state index in [1.165, 1.54) is 5.52 Å². The Hall–Kier alpha value is -1.64. The molecule has 19 heavy (non-hydrogen) atoms. The standard InChI is InChI=1S/C16H22N2O/c1-4-18-14-9-6-5-8-13(14)17-16(18)11-7-10-15(19)12(2)3/h5-6,8-9,12H,4,7,10-11H2,1-3H3. The maximum absolute atomic E-state index is 11.6. The normalized spacial score (nSPS) is 11.4. The molecule has 2 rings (SSSR count). The number of aromatic nitrogens is 2. The first-order valence-electron chi connectivity index (χ1n) is 7.10. The predicted molar refractivity (Wildman–Crippen MR) is 78.2 cm³/mol. The second-order valence-corrected chi connectivity index (χ2v) is 5.24. The number of aryl methyl sites for hydroxylation is 2. The van der Waals surface area contributed by atoms with E-state index in [-0.39, 0.29) is 5.92 Å². The lowest BCUT2D eigenvalue weighted by atomic mass is 10.0. The number of imidazole rings is 1. The Labute approximate surface area is 114 Å². The van der Waals surface area contributed by atoms with E-state index in [9.17, 15) is 4.79 Å². The third-order valence-corrected chi connectivity index (χ3v) is 3.52. The van der Waals surface area contributed by atoms with Gasteiger partial charge in [0, 0.05) is 25.3 Å². The molecule has 0 aliphatic heterocycles. The number of rotatable bonds is 6. The minimum absolute atomic E-state index is 0.144. The number of carbonyl (C=O) groups is 1. The van der Waals surface area contributed by atoms with Gasteiger partial charge >= 0.3 is 0 Å². The van der Waals surface area contributed by atoms with Crippen LogP contribution in [0.4, 0.5) is 0 Å². The van der Waals surface area contributed by atoms with Gasteiger partial charge in [-0.25, -0.2) is 4.98 Å². The molecule has 1 aromatic heterocycles. The van der Waals surface area contributed by atoms with E-state index < -0.39 is 0 Å². The number of Topliss-reactive ketones (excluding diaryl/α,β-unsaturated/α-hetero) is 1. The molecule has 102 valence electrons. The second-order valence-electron chi connectivity index (χ2n) is 5.24. The van der Waals surface area contributed by atoms with Crippen LogP contribution in [0.15, 0.2) is 24.3 Å². The van der Waals surface area contributed by atoms with Gasteiger partial charge in [0.25, 0.3) is 0 Å². The van der Waals surface area contributed by atoms with Crippen molar-refractivity contribution in [3.63, 3.8) is 0 Å². The summed E-state index contributed by atoms with van der Waals surface area (Å²) < 4.78 is 2.25. The Balaban J connectivity index is 2.10. The van der Waals surface area contributed by atoms with E-state index in [4.69, 9.17) is 0 Å². The topological polar surface area (TPSA) is 34.9 Å². The fourth-order valence-electron chi connectivity index (χ4n) is 2.38. The highest BCUT2D eigenvalue weighted by Gasteiger charge is 2.11. The van der Waals surface area contributed by atoms with Crippen molar-refractivity contribution in [1.29, 1.82) is 0 Å². The highest BCUT2D eigenvalue weighted by atomic mass is 16.1. The first-order chi connectivity index (χ1) is 9.13. The summed E-state index contributed by atoms with van der Waals surface area (Å²) in [5.74, 6) is 1.59. The number of benzene rings is 1. The summed E-state index contributed by atoms with van der Waals surface area (Å²) in [5.41, 5.74) is 2.24. The summed E-state index contributed by atoms with van der Waals surface area (Å²) in [7, 11) is 0. The van der Waals surface area contributed by atoms with Crippen LogP contribution in [0.5, 0.6) is 0 Å². The maximum Gasteiger partial charge on any atom is 0.135 e. The Morgan fingerprint density at radius 3 is 2.74 bits per heavy atom. The van der Waals surface area contributed by atoms with Gasteiger partial charge in [-0.15, -0.1) is 0 Å². The van der Waals surface area contributed by atoms with Crippen LogP contribution in [0.3, 0.4) is 0 Å². The van der Waals surface area contributed by atoms with Crippen molar-refractivity contribution in [1.82, 2.24) is 9.55 Å². The van der Waals surface area contributed by atoms with Gasteiger partial charge < -0.3 is 4.57 Å². The molecule has 0 amide bonds. The molecule has 0 saturated carbocycles. The molecule has 3 heteroatoms. The smallest absolute Gasteiger partial charge is 0.135 e. The zero-order valence-electron chi connectivity index (χ0n) is 12.0. The molecule has 0 unspecified atom stereocenters. The lowest BCUT2D eigenvalue weighted by Crippen LogP contribution is -2.08. The lowest BCUT2D eigenvalue weighted by molar-refractivity contribution is -0.121. The summed E-state index contributed by atoms with van der Waals surface area (Å²) in [5, 5.41) is 0. The van der Waals surface area contributed by atoms with Crippen LogP contribution in [-0.4, -0.2) is 15.3 Å². The predicted octanol–water partition coefficient (Wildman–Crippen LogP) is 3.60. The minimum atomic E-state index is 0.144. The molecule has 0 saturated heterocycles. The SMILES string of the molecule is CCn1c(CCCC(=O)C(C)C)nc2ccccc21. The fourth-order valence-corrected chi connectivity index (χ4v) is 2.38. The fraction of sp³-hybridized carbons (Fsp3) is 0.500. The molecule has 0 spiro atoms. The third-order valence-electron chi connectivity index (χ3n) is 3.52. The molecule has 0 aliphatic rings. The lowest BCUT2D eigenvalue weighted by Gasteiger charge is -2.06. The minimum Gasteiger partial charge on any atom is -0.328 e. The maximum atomic E-state index is 11.6. The molecule has 0 radical (unpaired) electrons. The van der Waals surface area contributed by atoms with Crippen molar-refractivity contribution < 1.29 is 4.79 Å². The summed E-state index contributed by atoms with van der Waals surface area (Å²) >= 11 is 0. The van der Waals surface area contributed by atoms with Crippen LogP contribution in [0.2, 0.25) is 0 Å². The van der Waals surface area contributed by atoms with Gasteiger partial charge in [0.05, 0.1) is 11.0 Å². The zero-order valence-corrected chi connectivity index (χ0v) is 12.0. The van der Waals surface area contributed by atoms with E-state index in [2.05, 4.69) is 22.5 Å². The number of para-hydroxylation sites is 2. The monoisotopic (exact) mass is 258 g/mol. The average Bonchev–Trinajstić information content (AvgIpc) is 2.75. The Bertz CT molecular complexity index is 569. The van der Waals surface area contributed by atoms with Crippen molar-refractivity contribution in [3.05, 3.63) is 30.1 Å². The molecule has 0 fully saturated rings. The first-order valence-corrected chi connectivity index (χ1v) is 7.10. The third kappa shape index (κ3) is 3.03. The Kier molecular flexibility index (Phi) is 4.35. The quantitative estimate of drug-likeness (QED) is 0.793. The Morgan fingerprint density at radius 1 is 1.32 bits per heavy atom. The summed E-state index contributed by atoms with van der Waals surface area (Å²) in [4.78, 5) is 16.3. The molecular formula is C16H22N2O. The van der Waals surface area contributed by atoms with E-state index in [1.54, 1.807) is 0 Å². The molecule has 2 aromatic rings. The highest BCUT2D eigenvalue weighted by Crippen LogP contribution is 2.17. The van der Waals surface area contributed by atoms with Crippen LogP contribution >= 0.6 is 0 Å². The van der Waals surface area contributed by atoms with Crippen LogP contribution in [0.25, 0.3) is 11.0 Å². The van der Waals surface area contributed by atoms with Gasteiger partial charge in [-0.1, -0.05) is 26.0 Å². The highest BCUT2D eigenvalue weighted by molar-refractivity contribution is 5.80. The van der Waals surface area contributed by atoms with E-state index in [0.29, 0.717) is 12.2 Å². The van der Waals surface area contributed by atoms with Crippen molar-refractivity contribution in [3.8, 4) is 0 Å². The van der Waals surface area contributed by atoms with Crippen molar-refractivity contribution in [2.45, 2.75) is 46.6 Å². The number of ketones is 1. The van der Waals surface area contributed by atoms with Gasteiger partial charge in [0.15, 0.2) is 0 Å². The van der Waals surface area contributed by atoms with Gasteiger partial charge in [0.2, 0.25) is 0 Å². The van der Waals surface area contributed by atoms with Gasteiger partial charge in [-0.05, 0) is 25.5 Å². The molecule has 0 atom stereocenters. The largest absolute Gasteiger partial charge is 0.328 e. The summed E-state index contributed by atoms with van der Waals surface area (Å²) in [6.07, 6.45) is 2.42. The van der Waals surface area contributed by atoms with Gasteiger partial charge in [-0.2, -0.15) is 0 Å². The molecule has 3 nitrogen and oxygen atoms in total. The van der Waals surface area contributed by atoms with Crippen LogP contribution in [0.1, 0.15) is 39.4 Å². The van der Waals surface area contributed by atoms with Gasteiger partial charge in [-0.3, -0.25) is 4.79 Å². The number of hydrogen-bond donors (Lipinski definition) is 0. The van der Waals surface area contributed by atoms with E-state index in [1.807, 2.05) is 32.0 Å². The zero-order chi connectivity index (χ0) is 13.8. The van der Waals surface area contributed by atoms with E-state index in [0.717, 1.165) is 30.7 Å². The van der Waals surface area contributed by atoms with Gasteiger partial charge in [0.1, 0.15) is 11.6 Å². The molecule has 0 N–H and O–H groups in total. The Morgan fingerprint density at radius 2 is 2.05 bits per heavy atom. The first kappa shape index (κ1) is 13.8. The molecule has 1 aromatic carbocycles. The number of fused-ring (bicyclic) bond motifs is 1. The van der Waals surface area contributed by atoms with Crippen LogP contribution in [-0.2, 0) is 17.8 Å². The van der Waals surface area contributed by atoms with Crippen LogP contribution < -0.4 is 0 Å². The summed E-state index contributed by atoms with van der Waals surface area (Å²) in [6.45, 7) is 6.98. The number of carbonyl (C=O) groups excluding carboxylic acids is 1. The van der Waals surface area contributed by atoms with Crippen molar-refractivity contribution in [2.24, 2.45) is 5.92 Å². The molecule has 0 aliphatic carbocycles. The van der Waals surface area contributed by atoms with Crippen LogP contribution in [0, 0.1) is 5.92 Å². The molecule has 0 bridgehead atoms.